The monoisotopic (exact) mass is 403 g/mol. The van der Waals surface area contributed by atoms with Gasteiger partial charge in [0.15, 0.2) is 5.82 Å². The molecular formula is C20H29N5O4. The Morgan fingerprint density at radius 2 is 2.07 bits per heavy atom. The van der Waals surface area contributed by atoms with Crippen molar-refractivity contribution >= 4 is 24.0 Å². The molecule has 9 heteroatoms. The first-order valence-electron chi connectivity index (χ1n) is 10.3. The summed E-state index contributed by atoms with van der Waals surface area (Å²) in [5, 5.41) is 13.0. The molecule has 2 aliphatic rings. The van der Waals surface area contributed by atoms with Crippen molar-refractivity contribution in [1.82, 2.24) is 19.9 Å². The smallest absolute Gasteiger partial charge is 0.248 e. The van der Waals surface area contributed by atoms with E-state index >= 15 is 0 Å². The molecule has 0 unspecified atom stereocenters. The Kier molecular flexibility index (Phi) is 7.51. The van der Waals surface area contributed by atoms with Gasteiger partial charge in [-0.1, -0.05) is 25.7 Å². The zero-order valence-corrected chi connectivity index (χ0v) is 16.6. The highest BCUT2D eigenvalue weighted by Crippen LogP contribution is 2.32. The largest absolute Gasteiger partial charge is 0.331 e. The first-order chi connectivity index (χ1) is 14.1. The molecule has 1 aliphatic carbocycles. The maximum Gasteiger partial charge on any atom is 0.248 e. The molecule has 158 valence electrons. The fourth-order valence-corrected chi connectivity index (χ4v) is 4.52. The lowest BCUT2D eigenvalue weighted by molar-refractivity contribution is -0.154. The highest BCUT2D eigenvalue weighted by Gasteiger charge is 2.35. The number of nitrogens with one attached hydrogen (secondary N) is 1. The van der Waals surface area contributed by atoms with Crippen LogP contribution in [0.2, 0.25) is 0 Å². The molecule has 1 aromatic rings. The molecule has 0 radical (unpaired) electrons. The van der Waals surface area contributed by atoms with E-state index in [0.29, 0.717) is 36.2 Å². The summed E-state index contributed by atoms with van der Waals surface area (Å²) in [6.07, 6.45) is 11.9. The molecule has 0 spiro atoms. The van der Waals surface area contributed by atoms with Crippen molar-refractivity contribution in [2.24, 2.45) is 11.8 Å². The molecule has 1 aliphatic heterocycles. The Morgan fingerprint density at radius 1 is 1.28 bits per heavy atom. The Bertz CT molecular complexity index is 695. The minimum atomic E-state index is -0.534. The van der Waals surface area contributed by atoms with Gasteiger partial charge in [-0.3, -0.25) is 24.6 Å². The van der Waals surface area contributed by atoms with Crippen LogP contribution in [0, 0.1) is 11.8 Å². The summed E-state index contributed by atoms with van der Waals surface area (Å²) >= 11 is 0. The van der Waals surface area contributed by atoms with E-state index in [9.17, 15) is 19.6 Å². The fourth-order valence-electron chi connectivity index (χ4n) is 4.52. The van der Waals surface area contributed by atoms with Gasteiger partial charge < -0.3 is 10.2 Å². The molecule has 0 bridgehead atoms. The Morgan fingerprint density at radius 3 is 2.76 bits per heavy atom. The standard InChI is InChI=1S/C20H29N5O4/c26-14-24(29)13-16(10-15-4-1-2-5-15)11-19(27)25-9-3-6-17(25)20(28)23-18-12-21-7-8-22-18/h7-8,12,14-17,29H,1-6,9-11,13H2,(H,22,23,28)/t16-,17-/m0/s1. The summed E-state index contributed by atoms with van der Waals surface area (Å²) in [6.45, 7) is 0.667. The molecule has 9 nitrogen and oxygen atoms in total. The summed E-state index contributed by atoms with van der Waals surface area (Å²) < 4.78 is 0. The van der Waals surface area contributed by atoms with Gasteiger partial charge in [0, 0.05) is 25.4 Å². The van der Waals surface area contributed by atoms with Crippen molar-refractivity contribution in [3.63, 3.8) is 0 Å². The van der Waals surface area contributed by atoms with Gasteiger partial charge >= 0.3 is 0 Å². The number of anilines is 1. The summed E-state index contributed by atoms with van der Waals surface area (Å²) in [4.78, 5) is 46.1. The minimum absolute atomic E-state index is 0.107. The number of likely N-dealkylation sites (tertiary alicyclic amines) is 1. The molecule has 0 aromatic carbocycles. The number of hydrogen-bond donors (Lipinski definition) is 2. The molecular weight excluding hydrogens is 374 g/mol. The molecule has 1 aromatic heterocycles. The van der Waals surface area contributed by atoms with E-state index in [1.54, 1.807) is 4.90 Å². The molecule has 3 rings (SSSR count). The molecule has 2 heterocycles. The second-order valence-electron chi connectivity index (χ2n) is 8.01. The Labute approximate surface area is 170 Å². The van der Waals surface area contributed by atoms with Crippen LogP contribution in [0.5, 0.6) is 0 Å². The van der Waals surface area contributed by atoms with Gasteiger partial charge in [0.2, 0.25) is 18.2 Å². The summed E-state index contributed by atoms with van der Waals surface area (Å²) in [5.74, 6) is 0.398. The number of nitrogens with zero attached hydrogens (tertiary/aromatic N) is 4. The number of aromatic nitrogens is 2. The fraction of sp³-hybridized carbons (Fsp3) is 0.650. The minimum Gasteiger partial charge on any atom is -0.331 e. The summed E-state index contributed by atoms with van der Waals surface area (Å²) in [5.41, 5.74) is 0. The highest BCUT2D eigenvalue weighted by atomic mass is 16.5. The van der Waals surface area contributed by atoms with Crippen molar-refractivity contribution in [1.29, 1.82) is 0 Å². The van der Waals surface area contributed by atoms with Crippen LogP contribution in [0.1, 0.15) is 51.4 Å². The van der Waals surface area contributed by atoms with Crippen LogP contribution in [-0.4, -0.2) is 62.5 Å². The first kappa shape index (κ1) is 21.2. The quantitative estimate of drug-likeness (QED) is 0.369. The second kappa shape index (κ2) is 10.3. The number of rotatable bonds is 9. The molecule has 2 atom stereocenters. The summed E-state index contributed by atoms with van der Waals surface area (Å²) in [6, 6.07) is -0.534. The predicted molar refractivity (Wildman–Crippen MR) is 105 cm³/mol. The van der Waals surface area contributed by atoms with E-state index in [-0.39, 0.29) is 30.7 Å². The van der Waals surface area contributed by atoms with E-state index < -0.39 is 6.04 Å². The van der Waals surface area contributed by atoms with Crippen LogP contribution < -0.4 is 5.32 Å². The van der Waals surface area contributed by atoms with Gasteiger partial charge in [-0.2, -0.15) is 0 Å². The third-order valence-corrected chi connectivity index (χ3v) is 5.86. The second-order valence-corrected chi connectivity index (χ2v) is 8.01. The van der Waals surface area contributed by atoms with E-state index in [1.807, 2.05) is 0 Å². The van der Waals surface area contributed by atoms with Crippen LogP contribution in [0.25, 0.3) is 0 Å². The van der Waals surface area contributed by atoms with Gasteiger partial charge in [0.1, 0.15) is 6.04 Å². The van der Waals surface area contributed by atoms with Gasteiger partial charge in [-0.25, -0.2) is 10.0 Å². The molecule has 2 N–H and O–H groups in total. The first-order valence-corrected chi connectivity index (χ1v) is 10.3. The van der Waals surface area contributed by atoms with Crippen LogP contribution in [0.3, 0.4) is 0 Å². The lowest BCUT2D eigenvalue weighted by Gasteiger charge is -2.28. The zero-order valence-electron chi connectivity index (χ0n) is 16.6. The number of carbonyl (C=O) groups is 3. The SMILES string of the molecule is O=CN(O)C[C@H](CC(=O)N1CCC[C@H]1C(=O)Nc1cnccn1)CC1CCCC1. The maximum atomic E-state index is 13.0. The van der Waals surface area contributed by atoms with Gasteiger partial charge in [0.25, 0.3) is 0 Å². The molecule has 2 fully saturated rings. The molecule has 1 saturated heterocycles. The highest BCUT2D eigenvalue weighted by molar-refractivity contribution is 5.96. The number of amides is 3. The lowest BCUT2D eigenvalue weighted by atomic mass is 9.90. The molecule has 29 heavy (non-hydrogen) atoms. The molecule has 3 amide bonds. The van der Waals surface area contributed by atoms with Crippen LogP contribution >= 0.6 is 0 Å². The molecule has 1 saturated carbocycles. The van der Waals surface area contributed by atoms with E-state index in [4.69, 9.17) is 0 Å². The van der Waals surface area contributed by atoms with Gasteiger partial charge in [0.05, 0.1) is 12.7 Å². The third-order valence-electron chi connectivity index (χ3n) is 5.86. The van der Waals surface area contributed by atoms with Gasteiger partial charge in [-0.05, 0) is 31.1 Å². The van der Waals surface area contributed by atoms with Crippen molar-refractivity contribution in [3.05, 3.63) is 18.6 Å². The third kappa shape index (κ3) is 5.96. The topological polar surface area (TPSA) is 116 Å². The number of hydrogen-bond acceptors (Lipinski definition) is 6. The van der Waals surface area contributed by atoms with Crippen molar-refractivity contribution in [3.8, 4) is 0 Å². The van der Waals surface area contributed by atoms with Gasteiger partial charge in [-0.15, -0.1) is 0 Å². The zero-order chi connectivity index (χ0) is 20.6. The van der Waals surface area contributed by atoms with E-state index in [1.165, 1.54) is 31.4 Å². The van der Waals surface area contributed by atoms with E-state index in [0.717, 1.165) is 25.7 Å². The Balaban J connectivity index is 1.60. The number of hydroxylamine groups is 2. The Hall–Kier alpha value is -2.55. The van der Waals surface area contributed by atoms with E-state index in [2.05, 4.69) is 15.3 Å². The van der Waals surface area contributed by atoms with Crippen LogP contribution in [0.4, 0.5) is 5.82 Å². The van der Waals surface area contributed by atoms with Crippen molar-refractivity contribution < 1.29 is 19.6 Å². The normalized spacial score (nSPS) is 20.4. The average molecular weight is 403 g/mol. The van der Waals surface area contributed by atoms with Crippen LogP contribution in [-0.2, 0) is 14.4 Å². The number of carbonyl (C=O) groups excluding carboxylic acids is 3. The van der Waals surface area contributed by atoms with Crippen molar-refractivity contribution in [2.45, 2.75) is 57.4 Å². The predicted octanol–water partition coefficient (Wildman–Crippen LogP) is 1.84. The van der Waals surface area contributed by atoms with Crippen molar-refractivity contribution in [2.75, 3.05) is 18.4 Å². The maximum absolute atomic E-state index is 13.0. The van der Waals surface area contributed by atoms with Crippen LogP contribution in [0.15, 0.2) is 18.6 Å². The summed E-state index contributed by atoms with van der Waals surface area (Å²) in [7, 11) is 0. The lowest BCUT2D eigenvalue weighted by Crippen LogP contribution is -2.44. The average Bonchev–Trinajstić information content (AvgIpc) is 3.40.